The number of imide groups is 1. The number of carbonyl (C=O) groups excluding carboxylic acids is 3. The number of methoxy groups -OCH3 is 2. The zero-order valence-corrected chi connectivity index (χ0v) is 18.4. The van der Waals surface area contributed by atoms with Crippen molar-refractivity contribution < 1.29 is 38.4 Å². The van der Waals surface area contributed by atoms with Crippen molar-refractivity contribution in [2.75, 3.05) is 20.8 Å². The van der Waals surface area contributed by atoms with Gasteiger partial charge in [0.1, 0.15) is 6.54 Å². The van der Waals surface area contributed by atoms with Crippen LogP contribution in [0, 0.1) is 20.2 Å². The van der Waals surface area contributed by atoms with Gasteiger partial charge in [0.25, 0.3) is 16.8 Å². The second-order valence-electron chi connectivity index (χ2n) is 6.49. The molecule has 1 fully saturated rings. The van der Waals surface area contributed by atoms with E-state index >= 15 is 0 Å². The molecule has 0 spiro atoms. The minimum atomic E-state index is -0.838. The van der Waals surface area contributed by atoms with E-state index in [1.807, 2.05) is 0 Å². The van der Waals surface area contributed by atoms with Crippen LogP contribution in [-0.2, 0) is 14.3 Å². The molecule has 34 heavy (non-hydrogen) atoms. The van der Waals surface area contributed by atoms with Crippen molar-refractivity contribution in [1.29, 1.82) is 0 Å². The van der Waals surface area contributed by atoms with E-state index < -0.39 is 44.9 Å². The molecular formula is C20H15N3O10S. The molecule has 13 nitrogen and oxygen atoms in total. The maximum Gasteiger partial charge on any atom is 0.325 e. The van der Waals surface area contributed by atoms with Gasteiger partial charge in [-0.15, -0.1) is 0 Å². The van der Waals surface area contributed by atoms with Crippen LogP contribution in [0.4, 0.5) is 16.2 Å². The van der Waals surface area contributed by atoms with Crippen molar-refractivity contribution in [3.8, 4) is 17.2 Å². The molecule has 0 aromatic heterocycles. The molecule has 0 aliphatic carbocycles. The summed E-state index contributed by atoms with van der Waals surface area (Å²) in [6.07, 6.45) is 1.30. The van der Waals surface area contributed by atoms with Gasteiger partial charge >= 0.3 is 11.7 Å². The van der Waals surface area contributed by atoms with Crippen LogP contribution in [0.15, 0.2) is 41.3 Å². The van der Waals surface area contributed by atoms with Gasteiger partial charge in [0, 0.05) is 11.6 Å². The Morgan fingerprint density at radius 1 is 1.09 bits per heavy atom. The van der Waals surface area contributed by atoms with Gasteiger partial charge in [0.05, 0.1) is 35.0 Å². The van der Waals surface area contributed by atoms with Gasteiger partial charge < -0.3 is 14.2 Å². The monoisotopic (exact) mass is 489 g/mol. The summed E-state index contributed by atoms with van der Waals surface area (Å²) in [5.74, 6) is -1.74. The summed E-state index contributed by atoms with van der Waals surface area (Å²) < 4.78 is 15.5. The predicted molar refractivity (Wildman–Crippen MR) is 118 cm³/mol. The van der Waals surface area contributed by atoms with Crippen LogP contribution in [0.25, 0.3) is 6.08 Å². The van der Waals surface area contributed by atoms with E-state index in [1.54, 1.807) is 6.07 Å². The number of esters is 1. The van der Waals surface area contributed by atoms with Crippen LogP contribution in [0.2, 0.25) is 0 Å². The Morgan fingerprint density at radius 3 is 2.44 bits per heavy atom. The summed E-state index contributed by atoms with van der Waals surface area (Å²) in [7, 11) is 2.44. The Labute approximate surface area is 195 Å². The molecule has 1 saturated heterocycles. The Morgan fingerprint density at radius 2 is 1.82 bits per heavy atom. The number of carbonyl (C=O) groups is 3. The van der Waals surface area contributed by atoms with Crippen LogP contribution in [-0.4, -0.2) is 52.6 Å². The van der Waals surface area contributed by atoms with Gasteiger partial charge in [0.2, 0.25) is 5.75 Å². The van der Waals surface area contributed by atoms with Crippen molar-refractivity contribution in [2.45, 2.75) is 0 Å². The van der Waals surface area contributed by atoms with E-state index in [9.17, 15) is 34.6 Å². The van der Waals surface area contributed by atoms with E-state index in [-0.39, 0.29) is 27.7 Å². The highest BCUT2D eigenvalue weighted by atomic mass is 32.2. The van der Waals surface area contributed by atoms with Gasteiger partial charge in [-0.1, -0.05) is 12.1 Å². The quantitative estimate of drug-likeness (QED) is 0.230. The number of para-hydroxylation sites is 1. The molecule has 0 atom stereocenters. The largest absolute Gasteiger partial charge is 0.493 e. The Hall–Kier alpha value is -4.46. The van der Waals surface area contributed by atoms with E-state index in [0.717, 1.165) is 25.3 Å². The summed E-state index contributed by atoms with van der Waals surface area (Å²) in [4.78, 5) is 57.8. The van der Waals surface area contributed by atoms with Crippen LogP contribution in [0.3, 0.4) is 0 Å². The van der Waals surface area contributed by atoms with Gasteiger partial charge in [-0.05, 0) is 30.0 Å². The third-order valence-corrected chi connectivity index (χ3v) is 5.37. The number of nitro benzene ring substituents is 2. The summed E-state index contributed by atoms with van der Waals surface area (Å²) >= 11 is 0.582. The van der Waals surface area contributed by atoms with E-state index in [0.29, 0.717) is 16.7 Å². The van der Waals surface area contributed by atoms with Gasteiger partial charge in [-0.3, -0.25) is 39.5 Å². The van der Waals surface area contributed by atoms with E-state index in [1.165, 1.54) is 25.3 Å². The molecule has 2 amide bonds. The molecule has 0 bridgehead atoms. The number of hydrogen-bond acceptors (Lipinski definition) is 11. The van der Waals surface area contributed by atoms with Crippen LogP contribution < -0.4 is 9.47 Å². The molecule has 1 heterocycles. The highest BCUT2D eigenvalue weighted by molar-refractivity contribution is 8.18. The van der Waals surface area contributed by atoms with Crippen molar-refractivity contribution in [2.24, 2.45) is 0 Å². The maximum atomic E-state index is 12.6. The summed E-state index contributed by atoms with van der Waals surface area (Å²) in [6, 6.07) is 7.41. The van der Waals surface area contributed by atoms with E-state index in [2.05, 4.69) is 4.74 Å². The smallest absolute Gasteiger partial charge is 0.325 e. The van der Waals surface area contributed by atoms with Gasteiger partial charge in [0.15, 0.2) is 11.5 Å². The normalized spacial score (nSPS) is 14.3. The Bertz CT molecular complexity index is 1240. The first kappa shape index (κ1) is 24.2. The molecule has 0 radical (unpaired) electrons. The summed E-state index contributed by atoms with van der Waals surface area (Å²) in [5, 5.41) is 21.8. The minimum absolute atomic E-state index is 0.0368. The topological polar surface area (TPSA) is 168 Å². The fourth-order valence-corrected chi connectivity index (χ4v) is 3.68. The first-order valence-electron chi connectivity index (χ1n) is 9.26. The molecule has 0 saturated carbocycles. The number of rotatable bonds is 8. The summed E-state index contributed by atoms with van der Waals surface area (Å²) in [6.45, 7) is -0.561. The number of amides is 2. The van der Waals surface area contributed by atoms with Gasteiger partial charge in [-0.2, -0.15) is 0 Å². The molecule has 2 aromatic rings. The lowest BCUT2D eigenvalue weighted by Gasteiger charge is -2.13. The number of nitro groups is 2. The van der Waals surface area contributed by atoms with Crippen molar-refractivity contribution in [3.05, 3.63) is 67.1 Å². The molecule has 0 N–H and O–H groups in total. The fraction of sp³-hybridized carbons (Fsp3) is 0.150. The molecule has 3 rings (SSSR count). The van der Waals surface area contributed by atoms with Crippen LogP contribution in [0.5, 0.6) is 17.2 Å². The standard InChI is InChI=1S/C20H15N3O10S/c1-31-15-5-3-4-11(8-16-19(25)21(20(26)34-16)10-17(24)32-2)18(15)33-14-7-6-12(22(27)28)9-13(14)23(29)30/h3-9H,10H2,1-2H3/b16-8-. The highest BCUT2D eigenvalue weighted by Gasteiger charge is 2.37. The molecule has 1 aliphatic heterocycles. The molecule has 176 valence electrons. The number of non-ortho nitro benzene ring substituents is 1. The lowest BCUT2D eigenvalue weighted by molar-refractivity contribution is -0.394. The fourth-order valence-electron chi connectivity index (χ4n) is 2.85. The third kappa shape index (κ3) is 4.96. The zero-order chi connectivity index (χ0) is 25.0. The van der Waals surface area contributed by atoms with Crippen LogP contribution in [0.1, 0.15) is 5.56 Å². The second kappa shape index (κ2) is 9.99. The number of benzene rings is 2. The van der Waals surface area contributed by atoms with Gasteiger partial charge in [-0.25, -0.2) is 0 Å². The molecule has 2 aromatic carbocycles. The lowest BCUT2D eigenvalue weighted by atomic mass is 10.1. The number of ether oxygens (including phenoxy) is 3. The molecule has 0 unspecified atom stereocenters. The molecule has 14 heteroatoms. The third-order valence-electron chi connectivity index (χ3n) is 4.47. The Kier molecular flexibility index (Phi) is 7.11. The lowest BCUT2D eigenvalue weighted by Crippen LogP contribution is -2.34. The first-order chi connectivity index (χ1) is 16.2. The Balaban J connectivity index is 2.03. The maximum absolute atomic E-state index is 12.6. The van der Waals surface area contributed by atoms with Crippen molar-refractivity contribution in [1.82, 2.24) is 4.90 Å². The number of nitrogens with zero attached hydrogens (tertiary/aromatic N) is 3. The van der Waals surface area contributed by atoms with Crippen LogP contribution >= 0.6 is 11.8 Å². The first-order valence-corrected chi connectivity index (χ1v) is 10.1. The van der Waals surface area contributed by atoms with Crippen molar-refractivity contribution >= 4 is 46.3 Å². The predicted octanol–water partition coefficient (Wildman–Crippen LogP) is 3.51. The zero-order valence-electron chi connectivity index (χ0n) is 17.6. The highest BCUT2D eigenvalue weighted by Crippen LogP contribution is 2.42. The average Bonchev–Trinajstić information content (AvgIpc) is 3.07. The number of hydrogen-bond donors (Lipinski definition) is 0. The average molecular weight is 489 g/mol. The second-order valence-corrected chi connectivity index (χ2v) is 7.48. The minimum Gasteiger partial charge on any atom is -0.493 e. The van der Waals surface area contributed by atoms with Crippen molar-refractivity contribution in [3.63, 3.8) is 0 Å². The van der Waals surface area contributed by atoms with E-state index in [4.69, 9.17) is 9.47 Å². The molecular weight excluding hydrogens is 474 g/mol. The molecule has 1 aliphatic rings. The number of thioether (sulfide) groups is 1. The SMILES string of the molecule is COC(=O)CN1C(=O)S/C(=C\c2cccc(OC)c2Oc2ccc([N+](=O)[O-])cc2[N+](=O)[O-])C1=O. The summed E-state index contributed by atoms with van der Waals surface area (Å²) in [5.41, 5.74) is -0.946.